The molecule has 0 saturated heterocycles. The molecule has 6 heteroatoms. The average Bonchev–Trinajstić information content (AvgIpc) is 2.75. The van der Waals surface area contributed by atoms with Gasteiger partial charge in [-0.3, -0.25) is 4.79 Å². The van der Waals surface area contributed by atoms with Crippen molar-refractivity contribution in [2.24, 2.45) is 34.0 Å². The van der Waals surface area contributed by atoms with Gasteiger partial charge in [0.1, 0.15) is 0 Å². The van der Waals surface area contributed by atoms with E-state index in [9.17, 15) is 9.90 Å². The van der Waals surface area contributed by atoms with Crippen molar-refractivity contribution < 1.29 is 30.3 Å². The summed E-state index contributed by atoms with van der Waals surface area (Å²) in [6.45, 7) is 7.31. The SMILES string of the molecule is CC(C)C1=CC2=CC[C@@H]3[C@](C)(CCC[C@@]3(C)C(=O)O)[C@H]2CC1.OCC(CO)(CO)CO. The summed E-state index contributed by atoms with van der Waals surface area (Å²) < 4.78 is 0. The normalized spacial score (nSPS) is 32.8. The van der Waals surface area contributed by atoms with E-state index in [1.165, 1.54) is 24.8 Å². The van der Waals surface area contributed by atoms with Gasteiger partial charge in [-0.05, 0) is 67.8 Å². The summed E-state index contributed by atoms with van der Waals surface area (Å²) in [5, 5.41) is 43.8. The Hall–Kier alpha value is -1.21. The van der Waals surface area contributed by atoms with Gasteiger partial charge in [0, 0.05) is 0 Å². The lowest BCUT2D eigenvalue weighted by Crippen LogP contribution is -2.53. The number of allylic oxidation sites excluding steroid dienone is 4. The Morgan fingerprint density at radius 2 is 1.68 bits per heavy atom. The lowest BCUT2D eigenvalue weighted by molar-refractivity contribution is -0.162. The summed E-state index contributed by atoms with van der Waals surface area (Å²) >= 11 is 0. The summed E-state index contributed by atoms with van der Waals surface area (Å²) in [4.78, 5) is 11.9. The van der Waals surface area contributed by atoms with Crippen LogP contribution in [0.25, 0.3) is 0 Å². The minimum Gasteiger partial charge on any atom is -0.481 e. The third kappa shape index (κ3) is 4.92. The molecule has 31 heavy (non-hydrogen) atoms. The molecule has 4 atom stereocenters. The summed E-state index contributed by atoms with van der Waals surface area (Å²) in [5.41, 5.74) is 1.58. The van der Waals surface area contributed by atoms with Crippen molar-refractivity contribution in [3.8, 4) is 0 Å². The molecule has 3 aliphatic rings. The number of aliphatic carboxylic acids is 1. The summed E-state index contributed by atoms with van der Waals surface area (Å²) in [7, 11) is 0. The second-order valence-electron chi connectivity index (χ2n) is 10.7. The average molecular weight is 439 g/mol. The zero-order valence-electron chi connectivity index (χ0n) is 19.6. The van der Waals surface area contributed by atoms with Crippen molar-refractivity contribution in [1.82, 2.24) is 0 Å². The maximum absolute atomic E-state index is 11.9. The number of fused-ring (bicyclic) bond motifs is 3. The van der Waals surface area contributed by atoms with Crippen molar-refractivity contribution in [2.75, 3.05) is 26.4 Å². The van der Waals surface area contributed by atoms with E-state index in [1.807, 2.05) is 6.92 Å². The molecule has 0 aromatic heterocycles. The summed E-state index contributed by atoms with van der Waals surface area (Å²) in [6, 6.07) is 0. The van der Waals surface area contributed by atoms with Crippen molar-refractivity contribution in [2.45, 2.75) is 66.2 Å². The molecule has 178 valence electrons. The molecule has 5 N–H and O–H groups in total. The van der Waals surface area contributed by atoms with E-state index >= 15 is 0 Å². The predicted molar refractivity (Wildman–Crippen MR) is 120 cm³/mol. The third-order valence-electron chi connectivity index (χ3n) is 8.41. The highest BCUT2D eigenvalue weighted by Crippen LogP contribution is 2.62. The van der Waals surface area contributed by atoms with E-state index in [1.54, 1.807) is 5.57 Å². The molecule has 0 amide bonds. The highest BCUT2D eigenvalue weighted by Gasteiger charge is 2.57. The first-order valence-corrected chi connectivity index (χ1v) is 11.6. The molecular weight excluding hydrogens is 396 g/mol. The Bertz CT molecular complexity index is 675. The smallest absolute Gasteiger partial charge is 0.309 e. The Kier molecular flexibility index (Phi) is 8.53. The van der Waals surface area contributed by atoms with Crippen LogP contribution in [0.15, 0.2) is 23.3 Å². The minimum absolute atomic E-state index is 0.161. The number of hydrogen-bond acceptors (Lipinski definition) is 5. The fourth-order valence-corrected chi connectivity index (χ4v) is 5.90. The van der Waals surface area contributed by atoms with Gasteiger partial charge in [-0.2, -0.15) is 0 Å². The van der Waals surface area contributed by atoms with Crippen LogP contribution < -0.4 is 0 Å². The van der Waals surface area contributed by atoms with E-state index in [0.717, 1.165) is 19.3 Å². The Balaban J connectivity index is 0.000000323. The quantitative estimate of drug-likeness (QED) is 0.435. The second-order valence-corrected chi connectivity index (χ2v) is 10.7. The van der Waals surface area contributed by atoms with Crippen molar-refractivity contribution in [3.05, 3.63) is 23.3 Å². The molecule has 0 bridgehead atoms. The van der Waals surface area contributed by atoms with Crippen LogP contribution in [0, 0.1) is 34.0 Å². The molecule has 1 saturated carbocycles. The standard InChI is InChI=1S/C20H30O2.C5H12O4/c1-13(2)14-6-8-16-15(12-14)7-9-17-19(16,3)10-5-11-20(17,4)18(21)22;6-1-5(2-7,3-8)4-9/h7,12-13,16-17H,5-6,8-11H2,1-4H3,(H,21,22);6-9H,1-4H2/t16-,17+,19+,20+;/m0./s1. The zero-order chi connectivity index (χ0) is 23.4. The maximum Gasteiger partial charge on any atom is 0.309 e. The molecule has 0 radical (unpaired) electrons. The highest BCUT2D eigenvalue weighted by atomic mass is 16.4. The van der Waals surface area contributed by atoms with Crippen molar-refractivity contribution >= 4 is 5.97 Å². The summed E-state index contributed by atoms with van der Waals surface area (Å²) in [6.07, 6.45) is 11.2. The third-order valence-corrected chi connectivity index (χ3v) is 8.41. The lowest BCUT2D eigenvalue weighted by Gasteiger charge is -2.57. The molecule has 0 spiro atoms. The molecule has 3 aliphatic carbocycles. The highest BCUT2D eigenvalue weighted by molar-refractivity contribution is 5.75. The number of hydrogen-bond donors (Lipinski definition) is 5. The van der Waals surface area contributed by atoms with Gasteiger partial charge in [-0.15, -0.1) is 0 Å². The van der Waals surface area contributed by atoms with Gasteiger partial charge >= 0.3 is 5.97 Å². The number of carboxylic acids is 1. The van der Waals surface area contributed by atoms with Gasteiger partial charge in [-0.25, -0.2) is 0 Å². The summed E-state index contributed by atoms with van der Waals surface area (Å²) in [5.74, 6) is 0.888. The van der Waals surface area contributed by atoms with Crippen molar-refractivity contribution in [3.63, 3.8) is 0 Å². The molecule has 0 aliphatic heterocycles. The monoisotopic (exact) mass is 438 g/mol. The largest absolute Gasteiger partial charge is 0.481 e. The van der Waals surface area contributed by atoms with Crippen LogP contribution in [0.4, 0.5) is 0 Å². The van der Waals surface area contributed by atoms with Crippen LogP contribution in [0.3, 0.4) is 0 Å². The topological polar surface area (TPSA) is 118 Å². The van der Waals surface area contributed by atoms with Crippen LogP contribution in [0.2, 0.25) is 0 Å². The second kappa shape index (κ2) is 10.2. The van der Waals surface area contributed by atoms with Crippen molar-refractivity contribution in [1.29, 1.82) is 0 Å². The number of carboxylic acid groups (broad SMARTS) is 1. The van der Waals surface area contributed by atoms with Crippen LogP contribution >= 0.6 is 0 Å². The van der Waals surface area contributed by atoms with E-state index in [-0.39, 0.29) is 11.3 Å². The molecule has 0 aromatic carbocycles. The van der Waals surface area contributed by atoms with Gasteiger partial charge in [0.15, 0.2) is 0 Å². The molecule has 0 heterocycles. The fraction of sp³-hybridized carbons (Fsp3) is 0.800. The zero-order valence-corrected chi connectivity index (χ0v) is 19.6. The maximum atomic E-state index is 11.9. The number of aliphatic hydroxyl groups excluding tert-OH is 4. The van der Waals surface area contributed by atoms with Gasteiger partial charge in [0.2, 0.25) is 0 Å². The van der Waals surface area contributed by atoms with Crippen LogP contribution in [-0.2, 0) is 4.79 Å². The predicted octanol–water partition coefficient (Wildman–Crippen LogP) is 3.15. The van der Waals surface area contributed by atoms with Gasteiger partial charge in [0.05, 0.1) is 37.3 Å². The first kappa shape index (κ1) is 26.0. The van der Waals surface area contributed by atoms with E-state index < -0.39 is 43.2 Å². The van der Waals surface area contributed by atoms with E-state index in [0.29, 0.717) is 11.8 Å². The molecule has 3 rings (SSSR count). The van der Waals surface area contributed by atoms with Crippen LogP contribution in [-0.4, -0.2) is 57.9 Å². The van der Waals surface area contributed by atoms with Crippen LogP contribution in [0.5, 0.6) is 0 Å². The Labute approximate surface area is 186 Å². The molecular formula is C25H42O6. The van der Waals surface area contributed by atoms with Crippen LogP contribution in [0.1, 0.15) is 66.2 Å². The Morgan fingerprint density at radius 1 is 1.10 bits per heavy atom. The molecule has 1 fully saturated rings. The van der Waals surface area contributed by atoms with E-state index in [4.69, 9.17) is 20.4 Å². The first-order valence-electron chi connectivity index (χ1n) is 11.6. The minimum atomic E-state index is -1.11. The first-order chi connectivity index (χ1) is 14.5. The lowest BCUT2D eigenvalue weighted by atomic mass is 9.47. The number of aliphatic hydroxyl groups is 4. The van der Waals surface area contributed by atoms with E-state index in [2.05, 4.69) is 32.9 Å². The van der Waals surface area contributed by atoms with Gasteiger partial charge in [-0.1, -0.05) is 44.9 Å². The number of carbonyl (C=O) groups is 1. The molecule has 6 nitrogen and oxygen atoms in total. The number of rotatable bonds is 6. The van der Waals surface area contributed by atoms with Gasteiger partial charge in [0.25, 0.3) is 0 Å². The molecule has 0 aromatic rings. The Morgan fingerprint density at radius 3 is 2.13 bits per heavy atom. The van der Waals surface area contributed by atoms with Gasteiger partial charge < -0.3 is 25.5 Å². The molecule has 0 unspecified atom stereocenters. The fourth-order valence-electron chi connectivity index (χ4n) is 5.90.